The lowest BCUT2D eigenvalue weighted by atomic mass is 9.98. The molecule has 0 aliphatic carbocycles. The Morgan fingerprint density at radius 1 is 1.10 bits per heavy atom. The van der Waals surface area contributed by atoms with E-state index in [2.05, 4.69) is 31.1 Å². The lowest BCUT2D eigenvalue weighted by Gasteiger charge is -2.22. The van der Waals surface area contributed by atoms with Crippen LogP contribution in [0.4, 0.5) is 0 Å². The van der Waals surface area contributed by atoms with Crippen molar-refractivity contribution in [3.63, 3.8) is 0 Å². The summed E-state index contributed by atoms with van der Waals surface area (Å²) in [5.41, 5.74) is 2.32. The number of aromatic nitrogens is 1. The zero-order chi connectivity index (χ0) is 22.4. The zero-order valence-corrected chi connectivity index (χ0v) is 20.3. The van der Waals surface area contributed by atoms with Gasteiger partial charge in [0.2, 0.25) is 5.91 Å². The minimum absolute atomic E-state index is 0.0961. The van der Waals surface area contributed by atoms with E-state index < -0.39 is 0 Å². The molecule has 1 aliphatic rings. The van der Waals surface area contributed by atoms with Crippen LogP contribution in [-0.4, -0.2) is 61.1 Å². The SMILES string of the molecule is COc1ccc(CCC(=O)N2CCCN(Cc3csc(C(C)(C)C)n3)CC2)cc1OC. The van der Waals surface area contributed by atoms with Crippen molar-refractivity contribution < 1.29 is 14.3 Å². The van der Waals surface area contributed by atoms with Crippen molar-refractivity contribution in [1.29, 1.82) is 0 Å². The molecule has 170 valence electrons. The summed E-state index contributed by atoms with van der Waals surface area (Å²) in [4.78, 5) is 22.1. The van der Waals surface area contributed by atoms with Crippen LogP contribution in [0, 0.1) is 0 Å². The zero-order valence-electron chi connectivity index (χ0n) is 19.4. The van der Waals surface area contributed by atoms with Gasteiger partial charge in [0.1, 0.15) is 0 Å². The Bertz CT molecular complexity index is 875. The Hall–Kier alpha value is -2.12. The Morgan fingerprint density at radius 3 is 2.55 bits per heavy atom. The molecule has 0 atom stereocenters. The fraction of sp³-hybridized carbons (Fsp3) is 0.583. The number of ether oxygens (including phenoxy) is 2. The summed E-state index contributed by atoms with van der Waals surface area (Å²) in [6, 6.07) is 5.85. The molecule has 1 amide bonds. The van der Waals surface area contributed by atoms with Gasteiger partial charge in [-0.05, 0) is 30.5 Å². The van der Waals surface area contributed by atoms with Gasteiger partial charge in [-0.2, -0.15) is 0 Å². The first-order chi connectivity index (χ1) is 14.8. The molecule has 2 heterocycles. The summed E-state index contributed by atoms with van der Waals surface area (Å²) in [6.45, 7) is 11.0. The van der Waals surface area contributed by atoms with Crippen LogP contribution in [0.2, 0.25) is 0 Å². The van der Waals surface area contributed by atoms with Crippen molar-refractivity contribution >= 4 is 17.2 Å². The molecule has 7 heteroatoms. The number of hydrogen-bond acceptors (Lipinski definition) is 6. The number of nitrogens with zero attached hydrogens (tertiary/aromatic N) is 3. The Labute approximate surface area is 190 Å². The van der Waals surface area contributed by atoms with Gasteiger partial charge in [0, 0.05) is 49.9 Å². The molecule has 1 aromatic carbocycles. The van der Waals surface area contributed by atoms with Crippen LogP contribution in [0.25, 0.3) is 0 Å². The minimum Gasteiger partial charge on any atom is -0.493 e. The molecule has 2 aromatic rings. The molecule has 1 fully saturated rings. The highest BCUT2D eigenvalue weighted by atomic mass is 32.1. The lowest BCUT2D eigenvalue weighted by molar-refractivity contribution is -0.131. The quantitative estimate of drug-likeness (QED) is 0.642. The molecule has 0 N–H and O–H groups in total. The fourth-order valence-corrected chi connectivity index (χ4v) is 4.68. The monoisotopic (exact) mass is 445 g/mol. The van der Waals surface area contributed by atoms with E-state index in [9.17, 15) is 4.79 Å². The summed E-state index contributed by atoms with van der Waals surface area (Å²) >= 11 is 1.75. The number of methoxy groups -OCH3 is 2. The number of aryl methyl sites for hydroxylation is 1. The van der Waals surface area contributed by atoms with E-state index in [-0.39, 0.29) is 11.3 Å². The second-order valence-corrected chi connectivity index (χ2v) is 9.95. The van der Waals surface area contributed by atoms with Gasteiger partial charge in [-0.15, -0.1) is 11.3 Å². The van der Waals surface area contributed by atoms with Gasteiger partial charge in [0.05, 0.1) is 24.9 Å². The van der Waals surface area contributed by atoms with Crippen molar-refractivity contribution in [2.45, 2.75) is 52.0 Å². The summed E-state index contributed by atoms with van der Waals surface area (Å²) < 4.78 is 10.7. The molecule has 1 saturated heterocycles. The molecular formula is C24H35N3O3S. The number of amides is 1. The molecule has 0 unspecified atom stereocenters. The molecule has 1 aromatic heterocycles. The average Bonchev–Trinajstić information content (AvgIpc) is 3.10. The van der Waals surface area contributed by atoms with Gasteiger partial charge in [0.15, 0.2) is 11.5 Å². The van der Waals surface area contributed by atoms with Crippen LogP contribution in [-0.2, 0) is 23.2 Å². The summed E-state index contributed by atoms with van der Waals surface area (Å²) in [7, 11) is 3.26. The largest absolute Gasteiger partial charge is 0.493 e. The van der Waals surface area contributed by atoms with Crippen LogP contribution < -0.4 is 9.47 Å². The molecule has 0 spiro atoms. The molecule has 31 heavy (non-hydrogen) atoms. The van der Waals surface area contributed by atoms with Crippen LogP contribution >= 0.6 is 11.3 Å². The van der Waals surface area contributed by atoms with Crippen molar-refractivity contribution in [2.75, 3.05) is 40.4 Å². The molecule has 6 nitrogen and oxygen atoms in total. The number of rotatable bonds is 7. The van der Waals surface area contributed by atoms with E-state index in [1.54, 1.807) is 25.6 Å². The van der Waals surface area contributed by atoms with Gasteiger partial charge < -0.3 is 14.4 Å². The van der Waals surface area contributed by atoms with Crippen molar-refractivity contribution in [2.24, 2.45) is 0 Å². The molecular weight excluding hydrogens is 410 g/mol. The summed E-state index contributed by atoms with van der Waals surface area (Å²) in [5, 5.41) is 3.36. The van der Waals surface area contributed by atoms with Gasteiger partial charge >= 0.3 is 0 Å². The van der Waals surface area contributed by atoms with E-state index >= 15 is 0 Å². The molecule has 0 bridgehead atoms. The Morgan fingerprint density at radius 2 is 1.87 bits per heavy atom. The van der Waals surface area contributed by atoms with E-state index in [1.807, 2.05) is 23.1 Å². The lowest BCUT2D eigenvalue weighted by Crippen LogP contribution is -2.35. The van der Waals surface area contributed by atoms with E-state index in [0.29, 0.717) is 24.3 Å². The predicted molar refractivity (Wildman–Crippen MR) is 125 cm³/mol. The third-order valence-electron chi connectivity index (χ3n) is 5.60. The molecule has 0 radical (unpaired) electrons. The molecule has 3 rings (SSSR count). The third-order valence-corrected chi connectivity index (χ3v) is 6.91. The number of carbonyl (C=O) groups excluding carboxylic acids is 1. The maximum atomic E-state index is 12.8. The topological polar surface area (TPSA) is 54.9 Å². The smallest absolute Gasteiger partial charge is 0.222 e. The number of benzene rings is 1. The number of carbonyl (C=O) groups is 1. The van der Waals surface area contributed by atoms with Crippen LogP contribution in [0.3, 0.4) is 0 Å². The predicted octanol–water partition coefficient (Wildman–Crippen LogP) is 4.12. The van der Waals surface area contributed by atoms with Crippen LogP contribution in [0.1, 0.15) is 49.9 Å². The van der Waals surface area contributed by atoms with Gasteiger partial charge in [-0.3, -0.25) is 9.69 Å². The van der Waals surface area contributed by atoms with Crippen molar-refractivity contribution in [3.8, 4) is 11.5 Å². The van der Waals surface area contributed by atoms with Crippen molar-refractivity contribution in [1.82, 2.24) is 14.8 Å². The van der Waals surface area contributed by atoms with E-state index in [1.165, 1.54) is 5.01 Å². The Balaban J connectivity index is 1.50. The highest BCUT2D eigenvalue weighted by Gasteiger charge is 2.22. The third kappa shape index (κ3) is 6.43. The molecule has 1 aliphatic heterocycles. The number of thiazole rings is 1. The first-order valence-electron chi connectivity index (χ1n) is 11.0. The average molecular weight is 446 g/mol. The van der Waals surface area contributed by atoms with Crippen LogP contribution in [0.5, 0.6) is 11.5 Å². The first-order valence-corrected chi connectivity index (χ1v) is 11.8. The summed E-state index contributed by atoms with van der Waals surface area (Å²) in [6.07, 6.45) is 2.21. The van der Waals surface area contributed by atoms with Gasteiger partial charge in [-0.1, -0.05) is 26.8 Å². The first kappa shape index (κ1) is 23.5. The molecule has 0 saturated carbocycles. The maximum Gasteiger partial charge on any atom is 0.222 e. The number of hydrogen-bond donors (Lipinski definition) is 0. The van der Waals surface area contributed by atoms with Crippen molar-refractivity contribution in [3.05, 3.63) is 39.8 Å². The second-order valence-electron chi connectivity index (χ2n) is 9.09. The highest BCUT2D eigenvalue weighted by Crippen LogP contribution is 2.28. The standard InChI is InChI=1S/C24H35N3O3S/c1-24(2,3)23-25-19(17-31-23)16-26-11-6-12-27(14-13-26)22(28)10-8-18-7-9-20(29-4)21(15-18)30-5/h7,9,15,17H,6,8,10-14,16H2,1-5H3. The van der Waals surface area contributed by atoms with E-state index in [0.717, 1.165) is 50.4 Å². The second kappa shape index (κ2) is 10.5. The maximum absolute atomic E-state index is 12.8. The summed E-state index contributed by atoms with van der Waals surface area (Å²) in [5.74, 6) is 1.63. The Kier molecular flexibility index (Phi) is 7.94. The van der Waals surface area contributed by atoms with E-state index in [4.69, 9.17) is 14.5 Å². The van der Waals surface area contributed by atoms with Gasteiger partial charge in [-0.25, -0.2) is 4.98 Å². The van der Waals surface area contributed by atoms with Crippen LogP contribution in [0.15, 0.2) is 23.6 Å². The highest BCUT2D eigenvalue weighted by molar-refractivity contribution is 7.09. The normalized spacial score (nSPS) is 15.6. The fourth-order valence-electron chi connectivity index (χ4n) is 3.78. The van der Waals surface area contributed by atoms with Gasteiger partial charge in [0.25, 0.3) is 0 Å². The minimum atomic E-state index is 0.0961.